The van der Waals surface area contributed by atoms with Crippen LogP contribution in [0.1, 0.15) is 11.8 Å². The summed E-state index contributed by atoms with van der Waals surface area (Å²) in [5, 5.41) is 5.37. The fourth-order valence-electron chi connectivity index (χ4n) is 2.26. The molecule has 0 saturated carbocycles. The van der Waals surface area contributed by atoms with Gasteiger partial charge in [-0.1, -0.05) is 6.07 Å². The first-order chi connectivity index (χ1) is 9.16. The maximum atomic E-state index is 12.2. The molecule has 1 unspecified atom stereocenters. The van der Waals surface area contributed by atoms with Gasteiger partial charge in [0.05, 0.1) is 6.54 Å². The third kappa shape index (κ3) is 4.30. The Balaban J connectivity index is 1.78. The minimum absolute atomic E-state index is 0.252. The van der Waals surface area contributed by atoms with Crippen molar-refractivity contribution in [1.82, 2.24) is 15.1 Å². The van der Waals surface area contributed by atoms with E-state index in [1.165, 1.54) is 4.88 Å². The second-order valence-corrected chi connectivity index (χ2v) is 6.21. The minimum Gasteiger partial charge on any atom is -0.339 e. The van der Waals surface area contributed by atoms with E-state index in [-0.39, 0.29) is 5.91 Å². The number of likely N-dealkylation sites (N-methyl/N-ethyl adjacent to an activating group) is 1. The van der Waals surface area contributed by atoms with E-state index in [9.17, 15) is 4.79 Å². The molecule has 1 atom stereocenters. The van der Waals surface area contributed by atoms with Crippen molar-refractivity contribution < 1.29 is 4.79 Å². The van der Waals surface area contributed by atoms with Gasteiger partial charge in [-0.15, -0.1) is 11.3 Å². The van der Waals surface area contributed by atoms with Gasteiger partial charge in [-0.3, -0.25) is 9.69 Å². The lowest BCUT2D eigenvalue weighted by Gasteiger charge is -2.31. The SMILES string of the molecule is CC(Cc1cccs1)N(C)CC(=O)N1CCNCC1. The maximum Gasteiger partial charge on any atom is 0.236 e. The lowest BCUT2D eigenvalue weighted by Crippen LogP contribution is -2.50. The number of hydrogen-bond acceptors (Lipinski definition) is 4. The van der Waals surface area contributed by atoms with Crippen LogP contribution >= 0.6 is 11.3 Å². The van der Waals surface area contributed by atoms with Gasteiger partial charge in [-0.2, -0.15) is 0 Å². The van der Waals surface area contributed by atoms with Gasteiger partial charge in [0, 0.05) is 37.1 Å². The Kier molecular flexibility index (Phi) is 5.36. The van der Waals surface area contributed by atoms with Crippen LogP contribution in [-0.2, 0) is 11.2 Å². The largest absolute Gasteiger partial charge is 0.339 e. The number of piperazine rings is 1. The monoisotopic (exact) mass is 281 g/mol. The normalized spacial score (nSPS) is 17.7. The molecule has 2 heterocycles. The molecule has 0 spiro atoms. The third-order valence-electron chi connectivity index (χ3n) is 3.68. The Hall–Kier alpha value is -0.910. The molecule has 1 aromatic heterocycles. The lowest BCUT2D eigenvalue weighted by molar-refractivity contribution is -0.133. The first-order valence-electron chi connectivity index (χ1n) is 6.88. The molecule has 0 bridgehead atoms. The second-order valence-electron chi connectivity index (χ2n) is 5.18. The molecule has 1 aliphatic rings. The van der Waals surface area contributed by atoms with Crippen molar-refractivity contribution in [3.8, 4) is 0 Å². The van der Waals surface area contributed by atoms with Crippen LogP contribution in [0.3, 0.4) is 0 Å². The van der Waals surface area contributed by atoms with Crippen molar-refractivity contribution in [2.75, 3.05) is 39.8 Å². The molecule has 4 nitrogen and oxygen atoms in total. The number of amides is 1. The van der Waals surface area contributed by atoms with Gasteiger partial charge in [0.15, 0.2) is 0 Å². The number of rotatable bonds is 5. The maximum absolute atomic E-state index is 12.2. The van der Waals surface area contributed by atoms with Gasteiger partial charge >= 0.3 is 0 Å². The molecule has 1 fully saturated rings. The van der Waals surface area contributed by atoms with E-state index in [0.29, 0.717) is 12.6 Å². The average molecular weight is 281 g/mol. The molecular formula is C14H23N3OS. The highest BCUT2D eigenvalue weighted by molar-refractivity contribution is 7.09. The fraction of sp³-hybridized carbons (Fsp3) is 0.643. The molecule has 2 rings (SSSR count). The van der Waals surface area contributed by atoms with Crippen LogP contribution in [0.25, 0.3) is 0 Å². The molecule has 106 valence electrons. The van der Waals surface area contributed by atoms with Crippen LogP contribution in [0, 0.1) is 0 Å². The quantitative estimate of drug-likeness (QED) is 0.876. The molecular weight excluding hydrogens is 258 g/mol. The van der Waals surface area contributed by atoms with E-state index >= 15 is 0 Å². The van der Waals surface area contributed by atoms with Crippen LogP contribution in [0.4, 0.5) is 0 Å². The Morgan fingerprint density at radius 3 is 2.89 bits per heavy atom. The van der Waals surface area contributed by atoms with Gasteiger partial charge in [0.25, 0.3) is 0 Å². The van der Waals surface area contributed by atoms with E-state index in [2.05, 4.69) is 34.7 Å². The van der Waals surface area contributed by atoms with Crippen LogP contribution in [0.15, 0.2) is 17.5 Å². The number of carbonyl (C=O) groups excluding carboxylic acids is 1. The summed E-state index contributed by atoms with van der Waals surface area (Å²) >= 11 is 1.79. The standard InChI is InChI=1S/C14H23N3OS/c1-12(10-13-4-3-9-19-13)16(2)11-14(18)17-7-5-15-6-8-17/h3-4,9,12,15H,5-8,10-11H2,1-2H3. The molecule has 19 heavy (non-hydrogen) atoms. The van der Waals surface area contributed by atoms with Crippen LogP contribution in [0.2, 0.25) is 0 Å². The van der Waals surface area contributed by atoms with Crippen molar-refractivity contribution in [1.29, 1.82) is 0 Å². The summed E-state index contributed by atoms with van der Waals surface area (Å²) < 4.78 is 0. The molecule has 5 heteroatoms. The molecule has 0 aromatic carbocycles. The Labute approximate surface area is 119 Å². The Morgan fingerprint density at radius 1 is 1.53 bits per heavy atom. The summed E-state index contributed by atoms with van der Waals surface area (Å²) in [6.45, 7) is 6.22. The van der Waals surface area contributed by atoms with Crippen LogP contribution < -0.4 is 5.32 Å². The average Bonchev–Trinajstić information content (AvgIpc) is 2.92. The molecule has 0 radical (unpaired) electrons. The molecule has 1 amide bonds. The van der Waals surface area contributed by atoms with Gasteiger partial charge in [0.2, 0.25) is 5.91 Å². The zero-order chi connectivity index (χ0) is 13.7. The second kappa shape index (κ2) is 7.03. The first-order valence-corrected chi connectivity index (χ1v) is 7.76. The van der Waals surface area contributed by atoms with E-state index in [4.69, 9.17) is 0 Å². The number of nitrogens with one attached hydrogen (secondary N) is 1. The zero-order valence-corrected chi connectivity index (χ0v) is 12.6. The molecule has 1 aliphatic heterocycles. The highest BCUT2D eigenvalue weighted by Gasteiger charge is 2.20. The third-order valence-corrected chi connectivity index (χ3v) is 4.58. The molecule has 1 aromatic rings. The number of carbonyl (C=O) groups is 1. The van der Waals surface area contributed by atoms with Crippen molar-refractivity contribution in [2.24, 2.45) is 0 Å². The zero-order valence-electron chi connectivity index (χ0n) is 11.8. The fourth-order valence-corrected chi connectivity index (χ4v) is 3.09. The van der Waals surface area contributed by atoms with Crippen molar-refractivity contribution in [3.63, 3.8) is 0 Å². The molecule has 1 saturated heterocycles. The van der Waals surface area contributed by atoms with E-state index in [1.54, 1.807) is 11.3 Å². The van der Waals surface area contributed by atoms with Gasteiger partial charge < -0.3 is 10.2 Å². The summed E-state index contributed by atoms with van der Waals surface area (Å²) in [6, 6.07) is 4.64. The van der Waals surface area contributed by atoms with E-state index in [1.807, 2.05) is 11.9 Å². The Bertz CT molecular complexity index is 387. The number of thiophene rings is 1. The van der Waals surface area contributed by atoms with Gasteiger partial charge in [-0.05, 0) is 31.8 Å². The highest BCUT2D eigenvalue weighted by atomic mass is 32.1. The van der Waals surface area contributed by atoms with Crippen molar-refractivity contribution >= 4 is 17.2 Å². The van der Waals surface area contributed by atoms with Crippen molar-refractivity contribution in [2.45, 2.75) is 19.4 Å². The summed E-state index contributed by atoms with van der Waals surface area (Å²) in [6.07, 6.45) is 1.02. The topological polar surface area (TPSA) is 35.6 Å². The van der Waals surface area contributed by atoms with Crippen LogP contribution in [-0.4, -0.2) is 61.5 Å². The summed E-state index contributed by atoms with van der Waals surface area (Å²) in [7, 11) is 2.04. The summed E-state index contributed by atoms with van der Waals surface area (Å²) in [5.41, 5.74) is 0. The smallest absolute Gasteiger partial charge is 0.236 e. The van der Waals surface area contributed by atoms with Gasteiger partial charge in [0.1, 0.15) is 0 Å². The minimum atomic E-state index is 0.252. The summed E-state index contributed by atoms with van der Waals surface area (Å²) in [4.78, 5) is 17.7. The van der Waals surface area contributed by atoms with Crippen LogP contribution in [0.5, 0.6) is 0 Å². The number of nitrogens with zero attached hydrogens (tertiary/aromatic N) is 2. The van der Waals surface area contributed by atoms with E-state index in [0.717, 1.165) is 32.6 Å². The molecule has 0 aliphatic carbocycles. The first kappa shape index (κ1) is 14.5. The van der Waals surface area contributed by atoms with E-state index < -0.39 is 0 Å². The Morgan fingerprint density at radius 2 is 2.26 bits per heavy atom. The predicted molar refractivity (Wildman–Crippen MR) is 79.6 cm³/mol. The molecule has 1 N–H and O–H groups in total. The number of hydrogen-bond donors (Lipinski definition) is 1. The highest BCUT2D eigenvalue weighted by Crippen LogP contribution is 2.13. The lowest BCUT2D eigenvalue weighted by atomic mass is 10.2. The predicted octanol–water partition coefficient (Wildman–Crippen LogP) is 1.04. The van der Waals surface area contributed by atoms with Gasteiger partial charge in [-0.25, -0.2) is 0 Å². The summed E-state index contributed by atoms with van der Waals surface area (Å²) in [5.74, 6) is 0.252. The van der Waals surface area contributed by atoms with Crippen molar-refractivity contribution in [3.05, 3.63) is 22.4 Å².